The molecule has 3 N–H and O–H groups in total. The zero-order valence-corrected chi connectivity index (χ0v) is 23.3. The monoisotopic (exact) mass is 511 g/mol. The van der Waals surface area contributed by atoms with E-state index in [0.717, 1.165) is 32.1 Å². The van der Waals surface area contributed by atoms with Crippen LogP contribution in [0.4, 0.5) is 0 Å². The number of hydrogen-bond acceptors (Lipinski definition) is 5. The number of fused-ring (bicyclic) bond motifs is 5. The topological polar surface area (TPSA) is 104 Å². The van der Waals surface area contributed by atoms with Crippen LogP contribution in [0.1, 0.15) is 85.5 Å². The van der Waals surface area contributed by atoms with Gasteiger partial charge in [-0.2, -0.15) is 0 Å². The second kappa shape index (κ2) is 9.90. The van der Waals surface area contributed by atoms with E-state index in [4.69, 9.17) is 0 Å². The van der Waals surface area contributed by atoms with Crippen LogP contribution in [-0.4, -0.2) is 55.3 Å². The maximum atomic E-state index is 12.6. The first-order chi connectivity index (χ1) is 16.3. The van der Waals surface area contributed by atoms with Crippen LogP contribution in [0.3, 0.4) is 0 Å². The van der Waals surface area contributed by atoms with E-state index in [1.54, 1.807) is 0 Å². The lowest BCUT2D eigenvalue weighted by atomic mass is 9.43. The first-order valence-electron chi connectivity index (χ1n) is 14.1. The van der Waals surface area contributed by atoms with E-state index >= 15 is 0 Å². The van der Waals surface area contributed by atoms with Gasteiger partial charge in [0.2, 0.25) is 5.91 Å². The van der Waals surface area contributed by atoms with Crippen molar-refractivity contribution >= 4 is 15.7 Å². The fourth-order valence-electron chi connectivity index (χ4n) is 9.54. The van der Waals surface area contributed by atoms with Gasteiger partial charge in [-0.15, -0.1) is 0 Å². The van der Waals surface area contributed by atoms with Gasteiger partial charge in [0.25, 0.3) is 0 Å². The van der Waals surface area contributed by atoms with Gasteiger partial charge in [-0.25, -0.2) is 8.42 Å². The molecule has 0 saturated heterocycles. The summed E-state index contributed by atoms with van der Waals surface area (Å²) in [5.41, 5.74) is 0.443. The predicted molar refractivity (Wildman–Crippen MR) is 138 cm³/mol. The number of rotatable bonds is 7. The van der Waals surface area contributed by atoms with E-state index in [9.17, 15) is 23.4 Å². The van der Waals surface area contributed by atoms with Gasteiger partial charge in [-0.1, -0.05) is 27.7 Å². The van der Waals surface area contributed by atoms with Crippen LogP contribution in [-0.2, 0) is 14.6 Å². The molecular weight excluding hydrogens is 462 g/mol. The van der Waals surface area contributed by atoms with E-state index in [2.05, 4.69) is 26.1 Å². The Bertz CT molecular complexity index is 892. The van der Waals surface area contributed by atoms with Gasteiger partial charge >= 0.3 is 0 Å². The molecule has 0 aromatic carbocycles. The number of carbonyl (C=O) groups is 1. The lowest BCUT2D eigenvalue weighted by Gasteiger charge is -2.62. The van der Waals surface area contributed by atoms with Crippen molar-refractivity contribution in [2.45, 2.75) is 97.7 Å². The Kier molecular flexibility index (Phi) is 7.75. The minimum atomic E-state index is -3.08. The van der Waals surface area contributed by atoms with Crippen LogP contribution in [0.2, 0.25) is 0 Å². The lowest BCUT2D eigenvalue weighted by Crippen LogP contribution is -2.58. The molecule has 0 bridgehead atoms. The van der Waals surface area contributed by atoms with Gasteiger partial charge in [-0.3, -0.25) is 4.79 Å². The van der Waals surface area contributed by atoms with E-state index in [1.165, 1.54) is 31.9 Å². The van der Waals surface area contributed by atoms with Crippen LogP contribution in [0.25, 0.3) is 0 Å². The zero-order valence-electron chi connectivity index (χ0n) is 22.5. The van der Waals surface area contributed by atoms with Crippen molar-refractivity contribution in [2.24, 2.45) is 52.3 Å². The minimum absolute atomic E-state index is 0.0208. The fourth-order valence-corrected chi connectivity index (χ4v) is 10.0. The van der Waals surface area contributed by atoms with Crippen LogP contribution >= 0.6 is 0 Å². The molecule has 0 aromatic heterocycles. The Morgan fingerprint density at radius 2 is 1.66 bits per heavy atom. The summed E-state index contributed by atoms with van der Waals surface area (Å²) in [6.45, 7) is 9.35. The molecule has 0 aliphatic heterocycles. The summed E-state index contributed by atoms with van der Waals surface area (Å²) in [6.07, 6.45) is 9.91. The SMILES string of the molecule is C[C@H](C[C@H](C)C(=O)NCCS(C)(=O)=O)[C@H]1CCC2C3C(O)CC4C[C@H](O)CC[C@]4(C)C3CC[C@@]21C. The van der Waals surface area contributed by atoms with Crippen molar-refractivity contribution in [3.8, 4) is 0 Å². The smallest absolute Gasteiger partial charge is 0.222 e. The van der Waals surface area contributed by atoms with Gasteiger partial charge in [0.1, 0.15) is 9.84 Å². The number of amides is 1. The van der Waals surface area contributed by atoms with Gasteiger partial charge in [0.05, 0.1) is 18.0 Å². The average Bonchev–Trinajstić information content (AvgIpc) is 3.11. The molecule has 4 fully saturated rings. The Labute approximate surface area is 212 Å². The number of nitrogens with one attached hydrogen (secondary N) is 1. The van der Waals surface area contributed by atoms with Crippen molar-refractivity contribution in [1.82, 2.24) is 5.32 Å². The van der Waals surface area contributed by atoms with Gasteiger partial charge in [0.15, 0.2) is 0 Å². The lowest BCUT2D eigenvalue weighted by molar-refractivity contribution is -0.174. The highest BCUT2D eigenvalue weighted by Crippen LogP contribution is 2.68. The maximum absolute atomic E-state index is 12.6. The molecule has 11 atom stereocenters. The third-order valence-electron chi connectivity index (χ3n) is 11.4. The Morgan fingerprint density at radius 1 is 1.00 bits per heavy atom. The van der Waals surface area contributed by atoms with Gasteiger partial charge in [-0.05, 0) is 104 Å². The second-order valence-corrected chi connectivity index (χ2v) is 15.7. The third-order valence-corrected chi connectivity index (χ3v) is 12.3. The molecule has 4 saturated carbocycles. The molecule has 4 rings (SSSR count). The average molecular weight is 512 g/mol. The van der Waals surface area contributed by atoms with Crippen molar-refractivity contribution < 1.29 is 23.4 Å². The summed E-state index contributed by atoms with van der Waals surface area (Å²) >= 11 is 0. The predicted octanol–water partition coefficient (Wildman–Crippen LogP) is 3.80. The molecule has 202 valence electrons. The fraction of sp³-hybridized carbons (Fsp3) is 0.964. The third kappa shape index (κ3) is 5.20. The Hall–Kier alpha value is -0.660. The van der Waals surface area contributed by atoms with Crippen molar-refractivity contribution in [3.63, 3.8) is 0 Å². The first kappa shape index (κ1) is 27.4. The maximum Gasteiger partial charge on any atom is 0.222 e. The molecule has 4 aliphatic carbocycles. The Morgan fingerprint density at radius 3 is 2.34 bits per heavy atom. The van der Waals surface area contributed by atoms with E-state index in [-0.39, 0.29) is 47.2 Å². The van der Waals surface area contributed by atoms with Crippen molar-refractivity contribution in [2.75, 3.05) is 18.6 Å². The highest BCUT2D eigenvalue weighted by molar-refractivity contribution is 7.90. The van der Waals surface area contributed by atoms with Gasteiger partial charge in [0, 0.05) is 18.7 Å². The molecule has 6 nitrogen and oxygen atoms in total. The summed E-state index contributed by atoms with van der Waals surface area (Å²) in [5, 5.41) is 24.5. The molecule has 0 radical (unpaired) electrons. The molecule has 35 heavy (non-hydrogen) atoms. The number of carbonyl (C=O) groups excluding carboxylic acids is 1. The van der Waals surface area contributed by atoms with Gasteiger partial charge < -0.3 is 15.5 Å². The summed E-state index contributed by atoms with van der Waals surface area (Å²) in [7, 11) is -3.08. The first-order valence-corrected chi connectivity index (χ1v) is 16.1. The summed E-state index contributed by atoms with van der Waals surface area (Å²) < 4.78 is 22.7. The number of aliphatic hydroxyl groups is 2. The van der Waals surface area contributed by atoms with Crippen molar-refractivity contribution in [3.05, 3.63) is 0 Å². The summed E-state index contributed by atoms with van der Waals surface area (Å²) in [6, 6.07) is 0. The van der Waals surface area contributed by atoms with Crippen LogP contribution < -0.4 is 5.32 Å². The van der Waals surface area contributed by atoms with Crippen LogP contribution in [0.5, 0.6) is 0 Å². The number of hydrogen-bond donors (Lipinski definition) is 3. The molecule has 5 unspecified atom stereocenters. The molecule has 1 amide bonds. The summed E-state index contributed by atoms with van der Waals surface area (Å²) in [4.78, 5) is 12.6. The molecule has 0 spiro atoms. The van der Waals surface area contributed by atoms with E-state index < -0.39 is 9.84 Å². The number of aliphatic hydroxyl groups excluding tert-OH is 2. The zero-order chi connectivity index (χ0) is 25.8. The van der Waals surface area contributed by atoms with Crippen molar-refractivity contribution in [1.29, 1.82) is 0 Å². The van der Waals surface area contributed by atoms with E-state index in [0.29, 0.717) is 35.5 Å². The van der Waals surface area contributed by atoms with E-state index in [1.807, 2.05) is 6.92 Å². The molecule has 7 heteroatoms. The number of sulfone groups is 1. The van der Waals surface area contributed by atoms with Crippen LogP contribution in [0.15, 0.2) is 0 Å². The Balaban J connectivity index is 1.42. The molecule has 0 heterocycles. The molecular formula is C28H49NO5S. The largest absolute Gasteiger partial charge is 0.393 e. The molecule has 4 aliphatic rings. The summed E-state index contributed by atoms with van der Waals surface area (Å²) in [5.74, 6) is 2.62. The highest BCUT2D eigenvalue weighted by atomic mass is 32.2. The minimum Gasteiger partial charge on any atom is -0.393 e. The standard InChI is InChI=1S/C28H49NO5S/c1-17(14-18(2)26(32)29-12-13-35(5,33)34)21-6-7-22-25-23(9-11-28(21,22)4)27(3)10-8-20(30)15-19(27)16-24(25)31/h17-25,30-31H,6-16H2,1-5H3,(H,29,32)/t17-,18+,19?,20-,21-,22?,23?,24?,25?,27+,28-/m1/s1. The highest BCUT2D eigenvalue weighted by Gasteiger charge is 2.62. The second-order valence-electron chi connectivity index (χ2n) is 13.5. The van der Waals surface area contributed by atoms with Crippen LogP contribution in [0, 0.1) is 52.3 Å². The quantitative estimate of drug-likeness (QED) is 0.482. The molecule has 0 aromatic rings. The normalized spacial score (nSPS) is 45.1.